The van der Waals surface area contributed by atoms with Gasteiger partial charge in [0.15, 0.2) is 0 Å². The van der Waals surface area contributed by atoms with Crippen LogP contribution in [0, 0.1) is 0 Å². The van der Waals surface area contributed by atoms with Gasteiger partial charge in [0.2, 0.25) is 0 Å². The lowest BCUT2D eigenvalue weighted by molar-refractivity contribution is 0.0670. The number of hydrogen-bond donors (Lipinski definition) is 1. The average molecular weight is 263 g/mol. The molecule has 1 aliphatic heterocycles. The van der Waals surface area contributed by atoms with Gasteiger partial charge in [-0.3, -0.25) is 0 Å². The molecule has 3 rings (SSSR count). The Morgan fingerprint density at radius 1 is 1.39 bits per heavy atom. The van der Waals surface area contributed by atoms with E-state index in [9.17, 15) is 0 Å². The number of rotatable bonds is 2. The van der Waals surface area contributed by atoms with E-state index in [0.717, 1.165) is 31.9 Å². The second kappa shape index (κ2) is 5.26. The molecule has 1 N–H and O–H groups in total. The Morgan fingerprint density at radius 2 is 2.33 bits per heavy atom. The van der Waals surface area contributed by atoms with E-state index in [-0.39, 0.29) is 6.10 Å². The van der Waals surface area contributed by atoms with E-state index in [1.54, 1.807) is 18.4 Å². The van der Waals surface area contributed by atoms with Crippen LogP contribution >= 0.6 is 11.3 Å². The monoisotopic (exact) mass is 263 g/mol. The minimum atomic E-state index is 0.224. The number of ether oxygens (including phenoxy) is 2. The van der Waals surface area contributed by atoms with E-state index in [1.165, 1.54) is 15.0 Å². The first-order chi connectivity index (χ1) is 8.88. The predicted octanol–water partition coefficient (Wildman–Crippen LogP) is 2.96. The summed E-state index contributed by atoms with van der Waals surface area (Å²) in [6.45, 7) is 2.76. The smallest absolute Gasteiger partial charge is 0.136 e. The van der Waals surface area contributed by atoms with Crippen LogP contribution in [0.15, 0.2) is 24.3 Å². The number of thiophene rings is 1. The summed E-state index contributed by atoms with van der Waals surface area (Å²) in [5, 5.41) is 4.60. The van der Waals surface area contributed by atoms with Crippen LogP contribution in [0.1, 0.15) is 17.4 Å². The maximum absolute atomic E-state index is 5.90. The second-order valence-corrected chi connectivity index (χ2v) is 5.51. The Labute approximate surface area is 111 Å². The molecule has 0 radical (unpaired) electrons. The van der Waals surface area contributed by atoms with Gasteiger partial charge in [0, 0.05) is 11.4 Å². The largest absolute Gasteiger partial charge is 0.495 e. The molecule has 0 saturated carbocycles. The van der Waals surface area contributed by atoms with Crippen LogP contribution in [0.3, 0.4) is 0 Å². The first-order valence-electron chi connectivity index (χ1n) is 6.27. The van der Waals surface area contributed by atoms with Crippen molar-refractivity contribution in [1.29, 1.82) is 0 Å². The molecule has 0 amide bonds. The van der Waals surface area contributed by atoms with Gasteiger partial charge in [-0.15, -0.1) is 11.3 Å². The summed E-state index contributed by atoms with van der Waals surface area (Å²) in [5.74, 6) is 0.954. The van der Waals surface area contributed by atoms with E-state index in [4.69, 9.17) is 9.47 Å². The molecule has 1 saturated heterocycles. The standard InChI is InChI=1S/C14H17NO2S/c1-16-12-4-2-3-10-9-13(18-14(10)12)11-5-6-15-7-8-17-11/h2-4,9,11,15H,5-8H2,1H3. The summed E-state index contributed by atoms with van der Waals surface area (Å²) in [6.07, 6.45) is 1.26. The van der Waals surface area contributed by atoms with Crippen LogP contribution in [-0.4, -0.2) is 26.8 Å². The van der Waals surface area contributed by atoms with Crippen LogP contribution in [-0.2, 0) is 4.74 Å². The summed E-state index contributed by atoms with van der Waals surface area (Å²) >= 11 is 1.79. The summed E-state index contributed by atoms with van der Waals surface area (Å²) in [7, 11) is 1.72. The van der Waals surface area contributed by atoms with Gasteiger partial charge in [0.25, 0.3) is 0 Å². The Kier molecular flexibility index (Phi) is 3.50. The normalized spacial score (nSPS) is 20.8. The molecule has 4 heteroatoms. The maximum Gasteiger partial charge on any atom is 0.136 e. The Balaban J connectivity index is 1.96. The summed E-state index contributed by atoms with van der Waals surface area (Å²) in [6, 6.07) is 8.41. The Bertz CT molecular complexity index is 530. The number of fused-ring (bicyclic) bond motifs is 1. The molecular formula is C14H17NO2S. The van der Waals surface area contributed by atoms with Gasteiger partial charge in [-0.05, 0) is 30.5 Å². The fraction of sp³-hybridized carbons (Fsp3) is 0.429. The van der Waals surface area contributed by atoms with Gasteiger partial charge in [-0.1, -0.05) is 12.1 Å². The van der Waals surface area contributed by atoms with E-state index >= 15 is 0 Å². The molecule has 2 heterocycles. The lowest BCUT2D eigenvalue weighted by atomic mass is 10.2. The van der Waals surface area contributed by atoms with Crippen LogP contribution in [0.2, 0.25) is 0 Å². The van der Waals surface area contributed by atoms with Crippen molar-refractivity contribution in [1.82, 2.24) is 5.32 Å². The minimum absolute atomic E-state index is 0.224. The topological polar surface area (TPSA) is 30.5 Å². The number of nitrogens with one attached hydrogen (secondary N) is 1. The third-order valence-corrected chi connectivity index (χ3v) is 4.50. The highest BCUT2D eigenvalue weighted by molar-refractivity contribution is 7.19. The third kappa shape index (κ3) is 2.23. The van der Waals surface area contributed by atoms with Crippen LogP contribution in [0.4, 0.5) is 0 Å². The van der Waals surface area contributed by atoms with Crippen molar-refractivity contribution in [3.63, 3.8) is 0 Å². The fourth-order valence-electron chi connectivity index (χ4n) is 2.31. The molecule has 18 heavy (non-hydrogen) atoms. The van der Waals surface area contributed by atoms with Gasteiger partial charge in [0.05, 0.1) is 24.5 Å². The molecule has 1 aliphatic rings. The van der Waals surface area contributed by atoms with E-state index in [1.807, 2.05) is 12.1 Å². The summed E-state index contributed by atoms with van der Waals surface area (Å²) < 4.78 is 12.5. The molecule has 1 atom stereocenters. The molecule has 1 aromatic carbocycles. The third-order valence-electron chi connectivity index (χ3n) is 3.25. The van der Waals surface area contributed by atoms with Crippen molar-refractivity contribution < 1.29 is 9.47 Å². The minimum Gasteiger partial charge on any atom is -0.495 e. The van der Waals surface area contributed by atoms with Gasteiger partial charge < -0.3 is 14.8 Å². The molecule has 1 unspecified atom stereocenters. The maximum atomic E-state index is 5.90. The quantitative estimate of drug-likeness (QED) is 0.903. The zero-order valence-electron chi connectivity index (χ0n) is 10.4. The zero-order valence-corrected chi connectivity index (χ0v) is 11.3. The van der Waals surface area contributed by atoms with Crippen molar-refractivity contribution in [3.05, 3.63) is 29.1 Å². The second-order valence-electron chi connectivity index (χ2n) is 4.43. The highest BCUT2D eigenvalue weighted by Crippen LogP contribution is 2.38. The van der Waals surface area contributed by atoms with Gasteiger partial charge >= 0.3 is 0 Å². The average Bonchev–Trinajstić information content (AvgIpc) is 2.65. The molecule has 2 aromatic rings. The van der Waals surface area contributed by atoms with Crippen LogP contribution in [0.5, 0.6) is 5.75 Å². The number of hydrogen-bond acceptors (Lipinski definition) is 4. The molecular weight excluding hydrogens is 246 g/mol. The first-order valence-corrected chi connectivity index (χ1v) is 7.09. The molecule has 0 aliphatic carbocycles. The van der Waals surface area contributed by atoms with Crippen molar-refractivity contribution in [2.24, 2.45) is 0 Å². The van der Waals surface area contributed by atoms with Gasteiger partial charge in [-0.2, -0.15) is 0 Å². The molecule has 1 fully saturated rings. The van der Waals surface area contributed by atoms with Crippen molar-refractivity contribution in [3.8, 4) is 5.75 Å². The molecule has 3 nitrogen and oxygen atoms in total. The van der Waals surface area contributed by atoms with Gasteiger partial charge in [0.1, 0.15) is 5.75 Å². The number of methoxy groups -OCH3 is 1. The molecule has 1 aromatic heterocycles. The SMILES string of the molecule is COc1cccc2cc(C3CCNCCO3)sc12. The summed E-state index contributed by atoms with van der Waals surface area (Å²) in [5.41, 5.74) is 0. The highest BCUT2D eigenvalue weighted by Gasteiger charge is 2.18. The predicted molar refractivity (Wildman–Crippen MR) is 74.6 cm³/mol. The van der Waals surface area contributed by atoms with E-state index in [2.05, 4.69) is 17.4 Å². The van der Waals surface area contributed by atoms with Crippen molar-refractivity contribution in [2.45, 2.75) is 12.5 Å². The zero-order chi connectivity index (χ0) is 12.4. The Hall–Kier alpha value is -1.10. The summed E-state index contributed by atoms with van der Waals surface area (Å²) in [4.78, 5) is 1.30. The fourth-order valence-corrected chi connectivity index (χ4v) is 3.55. The van der Waals surface area contributed by atoms with Crippen LogP contribution < -0.4 is 10.1 Å². The molecule has 0 bridgehead atoms. The highest BCUT2D eigenvalue weighted by atomic mass is 32.1. The van der Waals surface area contributed by atoms with Crippen LogP contribution in [0.25, 0.3) is 10.1 Å². The van der Waals surface area contributed by atoms with Crippen molar-refractivity contribution >= 4 is 21.4 Å². The molecule has 96 valence electrons. The van der Waals surface area contributed by atoms with Crippen molar-refractivity contribution in [2.75, 3.05) is 26.8 Å². The van der Waals surface area contributed by atoms with Gasteiger partial charge in [-0.25, -0.2) is 0 Å². The number of benzene rings is 1. The lowest BCUT2D eigenvalue weighted by Crippen LogP contribution is -2.16. The Morgan fingerprint density at radius 3 is 3.22 bits per heavy atom. The molecule has 0 spiro atoms. The first kappa shape index (κ1) is 12.0. The van der Waals surface area contributed by atoms with E-state index < -0.39 is 0 Å². The lowest BCUT2D eigenvalue weighted by Gasteiger charge is -2.11. The van der Waals surface area contributed by atoms with E-state index in [0.29, 0.717) is 0 Å².